The number of aromatic nitrogens is 2. The largest absolute Gasteiger partial charge is 0.368 e. The van der Waals surface area contributed by atoms with Crippen molar-refractivity contribution in [2.75, 3.05) is 54.8 Å². The highest BCUT2D eigenvalue weighted by Gasteiger charge is 2.23. The number of pyridine rings is 2. The van der Waals surface area contributed by atoms with E-state index in [1.807, 2.05) is 46.2 Å². The first kappa shape index (κ1) is 37.1. The van der Waals surface area contributed by atoms with Crippen molar-refractivity contribution in [2.24, 2.45) is 5.92 Å². The summed E-state index contributed by atoms with van der Waals surface area (Å²) in [5, 5.41) is 6.43. The molecule has 4 aliphatic heterocycles. The average Bonchev–Trinajstić information content (AvgIpc) is 3.22. The maximum Gasteiger partial charge on any atom is 0.246 e. The summed E-state index contributed by atoms with van der Waals surface area (Å²) in [6.07, 6.45) is 16.5. The van der Waals surface area contributed by atoms with E-state index in [1.165, 1.54) is 28.0 Å². The van der Waals surface area contributed by atoms with E-state index in [-0.39, 0.29) is 11.8 Å². The molecule has 9 nitrogen and oxygen atoms in total. The fourth-order valence-electron chi connectivity index (χ4n) is 7.37. The van der Waals surface area contributed by atoms with Gasteiger partial charge in [-0.2, -0.15) is 0 Å². The minimum atomic E-state index is 0.0411. The molecule has 1 fully saturated rings. The molecule has 0 spiro atoms. The van der Waals surface area contributed by atoms with Crippen LogP contribution >= 0.6 is 0 Å². The Balaban J connectivity index is 0.000000169. The van der Waals surface area contributed by atoms with Crippen LogP contribution in [0.4, 0.5) is 17.3 Å². The normalized spacial score (nSPS) is 18.1. The number of piperazine rings is 1. The number of benzene rings is 2. The topological polar surface area (TPSA) is 93.7 Å². The van der Waals surface area contributed by atoms with Gasteiger partial charge in [0.15, 0.2) is 0 Å². The number of amides is 2. The van der Waals surface area contributed by atoms with Gasteiger partial charge >= 0.3 is 0 Å². The zero-order valence-electron chi connectivity index (χ0n) is 31.6. The molecule has 2 aromatic heterocycles. The third-order valence-electron chi connectivity index (χ3n) is 10.5. The number of carbonyl (C=O) groups is 2. The van der Waals surface area contributed by atoms with Crippen molar-refractivity contribution in [1.82, 2.24) is 19.8 Å². The van der Waals surface area contributed by atoms with Crippen LogP contribution in [0.5, 0.6) is 0 Å². The lowest BCUT2D eigenvalue weighted by atomic mass is 9.90. The number of hydrogen-bond donors (Lipinski definition) is 2. The Kier molecular flexibility index (Phi) is 11.7. The van der Waals surface area contributed by atoms with E-state index in [4.69, 9.17) is 0 Å². The molecular weight excluding hydrogens is 683 g/mol. The summed E-state index contributed by atoms with van der Waals surface area (Å²) in [5.74, 6) is 2.18. The molecule has 0 radical (unpaired) electrons. The second-order valence-electron chi connectivity index (χ2n) is 14.5. The molecule has 1 saturated heterocycles. The summed E-state index contributed by atoms with van der Waals surface area (Å²) in [7, 11) is 0. The number of allylic oxidation sites excluding steroid dienone is 2. The molecule has 0 saturated carbocycles. The average molecular weight is 732 g/mol. The lowest BCUT2D eigenvalue weighted by molar-refractivity contribution is -0.126. The van der Waals surface area contributed by atoms with E-state index >= 15 is 0 Å². The molecule has 1 atom stereocenters. The van der Waals surface area contributed by atoms with Gasteiger partial charge in [0.2, 0.25) is 11.8 Å². The molecule has 9 heteroatoms. The second-order valence-corrected chi connectivity index (χ2v) is 14.5. The van der Waals surface area contributed by atoms with Gasteiger partial charge in [0.25, 0.3) is 0 Å². The quantitative estimate of drug-likeness (QED) is 0.195. The molecule has 55 heavy (non-hydrogen) atoms. The Morgan fingerprint density at radius 3 is 1.78 bits per heavy atom. The standard InChI is InChI=1S/C24H25N3O.C22H24N4O/c1-17-16-27(13-12-22(17)20-6-4-3-5-7-20)23(28)11-9-19-14-21-10-8-18(2)26-24(21)25-15-19;1-17-7-9-19-15-18(16-23-22(19)24-17)8-10-21(27)26-13-11-25(12-14-26)20-5-3-2-4-6-20/h3-7,9,11-12,14-15,17H,2,8,10,13,16H2,1H3,(H,25,26);2-6,8,10,15-16H,1,7,9,11-14H2,(H,23,24)/b11-9+;10-8+. The molecule has 4 aliphatic rings. The van der Waals surface area contributed by atoms with Crippen LogP contribution in [0, 0.1) is 5.92 Å². The third kappa shape index (κ3) is 9.48. The van der Waals surface area contributed by atoms with Crippen LogP contribution in [0.25, 0.3) is 17.7 Å². The number of nitrogens with one attached hydrogen (secondary N) is 2. The first-order chi connectivity index (χ1) is 26.8. The number of hydrogen-bond acceptors (Lipinski definition) is 7. The molecule has 1 unspecified atom stereocenters. The van der Waals surface area contributed by atoms with Crippen molar-refractivity contribution >= 4 is 46.9 Å². The number of para-hydroxylation sites is 1. The summed E-state index contributed by atoms with van der Waals surface area (Å²) in [5.41, 5.74) is 10.0. The number of carbonyl (C=O) groups excluding carboxylic acids is 2. The van der Waals surface area contributed by atoms with Crippen molar-refractivity contribution in [3.05, 3.63) is 156 Å². The summed E-state index contributed by atoms with van der Waals surface area (Å²) in [4.78, 5) is 40.2. The van der Waals surface area contributed by atoms with Crippen LogP contribution in [-0.2, 0) is 22.4 Å². The number of aryl methyl sites for hydroxylation is 2. The van der Waals surface area contributed by atoms with Gasteiger partial charge < -0.3 is 25.3 Å². The molecule has 6 heterocycles. The van der Waals surface area contributed by atoms with Gasteiger partial charge in [-0.3, -0.25) is 9.59 Å². The van der Waals surface area contributed by atoms with Crippen molar-refractivity contribution < 1.29 is 9.59 Å². The van der Waals surface area contributed by atoms with Gasteiger partial charge in [-0.05, 0) is 101 Å². The molecule has 2 amide bonds. The van der Waals surface area contributed by atoms with E-state index in [0.717, 1.165) is 92.6 Å². The predicted molar refractivity (Wildman–Crippen MR) is 224 cm³/mol. The van der Waals surface area contributed by atoms with Gasteiger partial charge in [-0.25, -0.2) is 9.97 Å². The second kappa shape index (κ2) is 17.3. The SMILES string of the molecule is C=C1CCc2cc(/C=C/C(=O)N3CC=C(c4ccccc4)C(C)C3)cnc2N1.C=C1CCc2cc(/C=C/C(=O)N3CCN(c4ccccc4)CC3)cnc2N1. The number of fused-ring (bicyclic) bond motifs is 2. The molecule has 0 aliphatic carbocycles. The summed E-state index contributed by atoms with van der Waals surface area (Å²) < 4.78 is 0. The lowest BCUT2D eigenvalue weighted by Crippen LogP contribution is -2.48. The van der Waals surface area contributed by atoms with Gasteiger partial charge in [0, 0.05) is 80.9 Å². The Hall–Kier alpha value is -6.22. The highest BCUT2D eigenvalue weighted by atomic mass is 16.2. The molecule has 2 N–H and O–H groups in total. The number of anilines is 3. The zero-order valence-corrected chi connectivity index (χ0v) is 31.6. The van der Waals surface area contributed by atoms with E-state index in [2.05, 4.69) is 100 Å². The molecular formula is C46H49N7O2. The van der Waals surface area contributed by atoms with E-state index < -0.39 is 0 Å². The van der Waals surface area contributed by atoms with Crippen molar-refractivity contribution in [3.8, 4) is 0 Å². The smallest absolute Gasteiger partial charge is 0.246 e. The van der Waals surface area contributed by atoms with E-state index in [9.17, 15) is 9.59 Å². The van der Waals surface area contributed by atoms with Crippen molar-refractivity contribution in [2.45, 2.75) is 32.6 Å². The van der Waals surface area contributed by atoms with Crippen LogP contribution in [-0.4, -0.2) is 70.9 Å². The van der Waals surface area contributed by atoms with E-state index in [1.54, 1.807) is 24.5 Å². The molecule has 280 valence electrons. The maximum atomic E-state index is 12.7. The molecule has 0 bridgehead atoms. The first-order valence-corrected chi connectivity index (χ1v) is 19.2. The van der Waals surface area contributed by atoms with Crippen molar-refractivity contribution in [3.63, 3.8) is 0 Å². The fourth-order valence-corrected chi connectivity index (χ4v) is 7.37. The maximum absolute atomic E-state index is 12.7. The first-order valence-electron chi connectivity index (χ1n) is 19.2. The minimum Gasteiger partial charge on any atom is -0.368 e. The van der Waals surface area contributed by atoms with Crippen LogP contribution < -0.4 is 15.5 Å². The van der Waals surface area contributed by atoms with Crippen LogP contribution in [0.2, 0.25) is 0 Å². The van der Waals surface area contributed by atoms with Crippen molar-refractivity contribution in [1.29, 1.82) is 0 Å². The van der Waals surface area contributed by atoms with Gasteiger partial charge in [0.05, 0.1) is 0 Å². The summed E-state index contributed by atoms with van der Waals surface area (Å²) in [6.45, 7) is 14.7. The van der Waals surface area contributed by atoms with Crippen LogP contribution in [0.1, 0.15) is 47.6 Å². The Labute approximate surface area is 324 Å². The molecule has 2 aromatic carbocycles. The predicted octanol–water partition coefficient (Wildman–Crippen LogP) is 7.84. The fraction of sp³-hybridized carbons (Fsp3) is 0.261. The summed E-state index contributed by atoms with van der Waals surface area (Å²) >= 11 is 0. The molecule has 8 rings (SSSR count). The number of nitrogens with zero attached hydrogens (tertiary/aromatic N) is 5. The lowest BCUT2D eigenvalue weighted by Gasteiger charge is -2.35. The van der Waals surface area contributed by atoms with Gasteiger partial charge in [0.1, 0.15) is 11.6 Å². The highest BCUT2D eigenvalue weighted by molar-refractivity contribution is 5.93. The van der Waals surface area contributed by atoms with E-state index in [0.29, 0.717) is 12.5 Å². The third-order valence-corrected chi connectivity index (χ3v) is 10.5. The van der Waals surface area contributed by atoms with Crippen LogP contribution in [0.3, 0.4) is 0 Å². The highest BCUT2D eigenvalue weighted by Crippen LogP contribution is 2.29. The zero-order chi connectivity index (χ0) is 38.1. The Morgan fingerprint density at radius 1 is 0.709 bits per heavy atom. The minimum absolute atomic E-state index is 0.0411. The van der Waals surface area contributed by atoms with Gasteiger partial charge in [-0.1, -0.05) is 74.7 Å². The molecule has 4 aromatic rings. The number of rotatable bonds is 6. The Bertz CT molecular complexity index is 2130. The monoisotopic (exact) mass is 731 g/mol. The Morgan fingerprint density at radius 2 is 1.24 bits per heavy atom. The van der Waals surface area contributed by atoms with Crippen LogP contribution in [0.15, 0.2) is 128 Å². The van der Waals surface area contributed by atoms with Gasteiger partial charge in [-0.15, -0.1) is 0 Å². The summed E-state index contributed by atoms with van der Waals surface area (Å²) in [6, 6.07) is 24.9.